The topological polar surface area (TPSA) is 95.9 Å². The molecule has 0 aromatic carbocycles. The van der Waals surface area contributed by atoms with Crippen molar-refractivity contribution >= 4 is 11.9 Å². The number of hydrogen-bond acceptors (Lipinski definition) is 5. The Morgan fingerprint density at radius 2 is 0.627 bits per heavy atom. The third-order valence-corrected chi connectivity index (χ3v) is 16.3. The van der Waals surface area contributed by atoms with Crippen LogP contribution >= 0.6 is 0 Å². The number of allylic oxidation sites excluding steroid dienone is 2. The fourth-order valence-corrected chi connectivity index (χ4v) is 11.1. The molecule has 0 rings (SSSR count). The molecule has 3 N–H and O–H groups in total. The van der Waals surface area contributed by atoms with Crippen molar-refractivity contribution in [3.63, 3.8) is 0 Å². The summed E-state index contributed by atoms with van der Waals surface area (Å²) >= 11 is 0. The number of amides is 1. The van der Waals surface area contributed by atoms with Crippen molar-refractivity contribution in [2.24, 2.45) is 0 Å². The van der Waals surface area contributed by atoms with Gasteiger partial charge in [-0.1, -0.05) is 341 Å². The van der Waals surface area contributed by atoms with Gasteiger partial charge in [0.25, 0.3) is 0 Å². The van der Waals surface area contributed by atoms with E-state index in [0.29, 0.717) is 25.9 Å². The van der Waals surface area contributed by atoms with Crippen molar-refractivity contribution in [2.45, 2.75) is 405 Å². The van der Waals surface area contributed by atoms with E-state index in [1.54, 1.807) is 0 Å². The zero-order chi connectivity index (χ0) is 54.3. The number of nitrogens with one attached hydrogen (secondary N) is 1. The third-order valence-electron chi connectivity index (χ3n) is 16.3. The minimum atomic E-state index is -0.660. The Bertz CT molecular complexity index is 1130. The summed E-state index contributed by atoms with van der Waals surface area (Å²) in [5.74, 6) is -0.0160. The Balaban J connectivity index is 3.31. The lowest BCUT2D eigenvalue weighted by atomic mass is 10.0. The number of ether oxygens (including phenoxy) is 1. The van der Waals surface area contributed by atoms with Gasteiger partial charge in [-0.2, -0.15) is 0 Å². The summed E-state index contributed by atoms with van der Waals surface area (Å²) in [5.41, 5.74) is 0. The highest BCUT2D eigenvalue weighted by Gasteiger charge is 2.20. The zero-order valence-corrected chi connectivity index (χ0v) is 51.1. The first-order valence-electron chi connectivity index (χ1n) is 34.4. The van der Waals surface area contributed by atoms with Crippen LogP contribution in [0.3, 0.4) is 0 Å². The third kappa shape index (κ3) is 61.7. The average Bonchev–Trinajstić information content (AvgIpc) is 3.41. The molecule has 0 aliphatic carbocycles. The lowest BCUT2D eigenvalue weighted by molar-refractivity contribution is -0.143. The molecular formula is C69H135NO5. The number of carbonyl (C=O) groups excluding carboxylic acids is 2. The average molecular weight is 1060 g/mol. The molecule has 0 aliphatic heterocycles. The van der Waals surface area contributed by atoms with Gasteiger partial charge in [0.05, 0.1) is 25.4 Å². The van der Waals surface area contributed by atoms with Crippen molar-refractivity contribution in [2.75, 3.05) is 13.2 Å². The summed E-state index contributed by atoms with van der Waals surface area (Å²) in [4.78, 5) is 24.5. The molecule has 0 aromatic heterocycles. The van der Waals surface area contributed by atoms with Crippen molar-refractivity contribution in [3.05, 3.63) is 12.2 Å². The summed E-state index contributed by atoms with van der Waals surface area (Å²) in [5, 5.41) is 23.3. The van der Waals surface area contributed by atoms with E-state index in [1.165, 1.54) is 315 Å². The van der Waals surface area contributed by atoms with Crippen LogP contribution < -0.4 is 5.32 Å². The number of unbranched alkanes of at least 4 members (excludes halogenated alkanes) is 52. The molecule has 6 heteroatoms. The van der Waals surface area contributed by atoms with Crippen LogP contribution in [0, 0.1) is 0 Å². The molecule has 6 nitrogen and oxygen atoms in total. The van der Waals surface area contributed by atoms with E-state index in [1.807, 2.05) is 0 Å². The van der Waals surface area contributed by atoms with Gasteiger partial charge < -0.3 is 20.3 Å². The van der Waals surface area contributed by atoms with Crippen molar-refractivity contribution in [3.8, 4) is 0 Å². The Morgan fingerprint density at radius 1 is 0.360 bits per heavy atom. The van der Waals surface area contributed by atoms with E-state index < -0.39 is 12.1 Å². The Hall–Kier alpha value is -1.40. The van der Waals surface area contributed by atoms with Crippen molar-refractivity contribution in [1.82, 2.24) is 5.32 Å². The maximum absolute atomic E-state index is 12.5. The second-order valence-corrected chi connectivity index (χ2v) is 23.9. The Labute approximate surface area is 469 Å². The molecule has 2 unspecified atom stereocenters. The molecule has 0 bridgehead atoms. The van der Waals surface area contributed by atoms with E-state index in [0.717, 1.165) is 44.9 Å². The van der Waals surface area contributed by atoms with E-state index in [2.05, 4.69) is 31.3 Å². The number of rotatable bonds is 65. The molecule has 0 aromatic rings. The quantitative estimate of drug-likeness (QED) is 0.0320. The van der Waals surface area contributed by atoms with E-state index in [9.17, 15) is 19.8 Å². The second kappa shape index (κ2) is 65.1. The first-order valence-corrected chi connectivity index (χ1v) is 34.4. The molecule has 1 amide bonds. The van der Waals surface area contributed by atoms with Gasteiger partial charge in [0.15, 0.2) is 0 Å². The van der Waals surface area contributed by atoms with Crippen LogP contribution in [-0.4, -0.2) is 47.4 Å². The van der Waals surface area contributed by atoms with Crippen molar-refractivity contribution in [1.29, 1.82) is 0 Å². The minimum absolute atomic E-state index is 0.0123. The van der Waals surface area contributed by atoms with Crippen LogP contribution in [0.2, 0.25) is 0 Å². The molecule has 446 valence electrons. The molecule has 0 fully saturated rings. The predicted molar refractivity (Wildman–Crippen MR) is 329 cm³/mol. The highest BCUT2D eigenvalue weighted by atomic mass is 16.5. The SMILES string of the molecule is CCCCCCC/C=C\CCCCCCCC(=O)OCCCCCCCCCCCCCCCCCCCCCCCCCCCCCCCCC(=O)NC(CO)C(O)CCCCCCCCCCCCCCCC. The highest BCUT2D eigenvalue weighted by Crippen LogP contribution is 2.19. The van der Waals surface area contributed by atoms with Gasteiger partial charge in [-0.3, -0.25) is 9.59 Å². The van der Waals surface area contributed by atoms with Crippen molar-refractivity contribution < 1.29 is 24.5 Å². The molecule has 0 saturated heterocycles. The number of aliphatic hydroxyl groups is 2. The van der Waals surface area contributed by atoms with Crippen LogP contribution in [0.15, 0.2) is 12.2 Å². The van der Waals surface area contributed by atoms with Crippen LogP contribution in [-0.2, 0) is 14.3 Å². The largest absolute Gasteiger partial charge is 0.466 e. The molecule has 0 heterocycles. The van der Waals surface area contributed by atoms with Gasteiger partial charge in [-0.25, -0.2) is 0 Å². The number of carbonyl (C=O) groups is 2. The van der Waals surface area contributed by atoms with Gasteiger partial charge in [0, 0.05) is 12.8 Å². The van der Waals surface area contributed by atoms with Gasteiger partial charge in [0.2, 0.25) is 5.91 Å². The van der Waals surface area contributed by atoms with Crippen LogP contribution in [0.1, 0.15) is 393 Å². The first-order chi connectivity index (χ1) is 37.0. The van der Waals surface area contributed by atoms with Crippen LogP contribution in [0.25, 0.3) is 0 Å². The molecule has 2 atom stereocenters. The lowest BCUT2D eigenvalue weighted by Gasteiger charge is -2.22. The zero-order valence-electron chi connectivity index (χ0n) is 51.1. The predicted octanol–water partition coefficient (Wildman–Crippen LogP) is 22.0. The van der Waals surface area contributed by atoms with E-state index in [-0.39, 0.29) is 18.5 Å². The first kappa shape index (κ1) is 73.6. The van der Waals surface area contributed by atoms with Gasteiger partial charge in [0.1, 0.15) is 0 Å². The van der Waals surface area contributed by atoms with Crippen LogP contribution in [0.4, 0.5) is 0 Å². The second-order valence-electron chi connectivity index (χ2n) is 23.9. The van der Waals surface area contributed by atoms with Gasteiger partial charge in [-0.15, -0.1) is 0 Å². The van der Waals surface area contributed by atoms with Gasteiger partial charge in [-0.05, 0) is 51.4 Å². The fraction of sp³-hybridized carbons (Fsp3) is 0.942. The molecular weight excluding hydrogens is 923 g/mol. The maximum Gasteiger partial charge on any atom is 0.305 e. The van der Waals surface area contributed by atoms with Crippen LogP contribution in [0.5, 0.6) is 0 Å². The van der Waals surface area contributed by atoms with E-state index >= 15 is 0 Å². The maximum atomic E-state index is 12.5. The minimum Gasteiger partial charge on any atom is -0.466 e. The standard InChI is InChI=1S/C69H135NO5/c1-3-5-7-9-11-13-15-17-37-41-45-49-53-57-61-67(72)66(65-71)70-68(73)62-58-54-50-46-42-38-35-33-31-29-27-25-23-21-19-20-22-24-26-28-30-32-34-36-40-44-48-52-56-60-64-75-69(74)63-59-55-51-47-43-39-18-16-14-12-10-8-6-4-2/h16,18,66-67,71-72H,3-15,17,19-65H2,1-2H3,(H,70,73)/b18-16-. The molecule has 0 saturated carbocycles. The molecule has 0 radical (unpaired) electrons. The molecule has 0 aliphatic rings. The normalized spacial score (nSPS) is 12.5. The number of aliphatic hydroxyl groups excluding tert-OH is 2. The van der Waals surface area contributed by atoms with E-state index in [4.69, 9.17) is 4.74 Å². The summed E-state index contributed by atoms with van der Waals surface area (Å²) in [6.07, 6.45) is 79.7. The number of esters is 1. The number of hydrogen-bond donors (Lipinski definition) is 3. The summed E-state index contributed by atoms with van der Waals surface area (Å²) in [6, 6.07) is -0.537. The Morgan fingerprint density at radius 3 is 0.947 bits per heavy atom. The highest BCUT2D eigenvalue weighted by molar-refractivity contribution is 5.76. The smallest absolute Gasteiger partial charge is 0.305 e. The Kier molecular flexibility index (Phi) is 63.9. The summed E-state index contributed by atoms with van der Waals surface area (Å²) in [7, 11) is 0. The fourth-order valence-electron chi connectivity index (χ4n) is 11.1. The van der Waals surface area contributed by atoms with Gasteiger partial charge >= 0.3 is 5.97 Å². The molecule has 0 spiro atoms. The summed E-state index contributed by atoms with van der Waals surface area (Å²) in [6.45, 7) is 4.97. The molecule has 75 heavy (non-hydrogen) atoms. The lowest BCUT2D eigenvalue weighted by Crippen LogP contribution is -2.45. The summed E-state index contributed by atoms with van der Waals surface area (Å²) < 4.78 is 5.49. The monoisotopic (exact) mass is 1060 g/mol.